The molecule has 0 unspecified atom stereocenters. The standard InChI is InChI=1S/C10H8ClN5/c1-7-4-5-16(14-7)10-3-2-8(13-15-12)6-9(10)11/h2-6H,1H3. The van der Waals surface area contributed by atoms with E-state index in [1.165, 1.54) is 0 Å². The van der Waals surface area contributed by atoms with E-state index in [-0.39, 0.29) is 0 Å². The Morgan fingerprint density at radius 2 is 2.25 bits per heavy atom. The number of aromatic nitrogens is 2. The molecule has 80 valence electrons. The molecule has 0 saturated carbocycles. The van der Waals surface area contributed by atoms with E-state index in [4.69, 9.17) is 17.1 Å². The first-order valence-corrected chi connectivity index (χ1v) is 4.96. The summed E-state index contributed by atoms with van der Waals surface area (Å²) < 4.78 is 1.68. The zero-order chi connectivity index (χ0) is 11.5. The van der Waals surface area contributed by atoms with Crippen LogP contribution in [0.4, 0.5) is 5.69 Å². The zero-order valence-corrected chi connectivity index (χ0v) is 9.26. The summed E-state index contributed by atoms with van der Waals surface area (Å²) in [5.74, 6) is 0. The molecule has 0 fully saturated rings. The molecule has 0 atom stereocenters. The summed E-state index contributed by atoms with van der Waals surface area (Å²) in [7, 11) is 0. The third kappa shape index (κ3) is 2.00. The Morgan fingerprint density at radius 1 is 1.44 bits per heavy atom. The average Bonchev–Trinajstić information content (AvgIpc) is 2.65. The van der Waals surface area contributed by atoms with Crippen LogP contribution in [0, 0.1) is 6.92 Å². The summed E-state index contributed by atoms with van der Waals surface area (Å²) in [4.78, 5) is 2.70. The molecular formula is C10H8ClN5. The third-order valence-electron chi connectivity index (χ3n) is 2.06. The molecule has 0 spiro atoms. The van der Waals surface area contributed by atoms with Crippen LogP contribution in [-0.4, -0.2) is 9.78 Å². The molecule has 0 aliphatic heterocycles. The minimum absolute atomic E-state index is 0.486. The van der Waals surface area contributed by atoms with E-state index in [2.05, 4.69) is 15.1 Å². The predicted molar refractivity (Wildman–Crippen MR) is 62.1 cm³/mol. The highest BCUT2D eigenvalue weighted by molar-refractivity contribution is 6.32. The summed E-state index contributed by atoms with van der Waals surface area (Å²) >= 11 is 6.06. The molecule has 5 nitrogen and oxygen atoms in total. The second-order valence-electron chi connectivity index (χ2n) is 3.23. The first kappa shape index (κ1) is 10.5. The van der Waals surface area contributed by atoms with Crippen molar-refractivity contribution in [2.24, 2.45) is 5.11 Å². The number of halogens is 1. The molecule has 0 saturated heterocycles. The Kier molecular flexibility index (Phi) is 2.81. The van der Waals surface area contributed by atoms with Crippen LogP contribution in [0.3, 0.4) is 0 Å². The first-order valence-electron chi connectivity index (χ1n) is 4.58. The monoisotopic (exact) mass is 233 g/mol. The van der Waals surface area contributed by atoms with Gasteiger partial charge < -0.3 is 0 Å². The van der Waals surface area contributed by atoms with Crippen molar-refractivity contribution in [3.05, 3.63) is 51.6 Å². The van der Waals surface area contributed by atoms with Gasteiger partial charge in [-0.05, 0) is 30.7 Å². The zero-order valence-electron chi connectivity index (χ0n) is 8.50. The SMILES string of the molecule is Cc1ccn(-c2ccc(N=[N+]=[N-])cc2Cl)n1. The van der Waals surface area contributed by atoms with Crippen molar-refractivity contribution >= 4 is 17.3 Å². The van der Waals surface area contributed by atoms with E-state index in [1.807, 2.05) is 19.2 Å². The van der Waals surface area contributed by atoms with Crippen molar-refractivity contribution in [2.75, 3.05) is 0 Å². The molecule has 0 bridgehead atoms. The van der Waals surface area contributed by atoms with Gasteiger partial charge in [0.15, 0.2) is 0 Å². The van der Waals surface area contributed by atoms with E-state index in [0.717, 1.165) is 11.4 Å². The minimum Gasteiger partial charge on any atom is -0.239 e. The minimum atomic E-state index is 0.486. The Hall–Kier alpha value is -1.97. The summed E-state index contributed by atoms with van der Waals surface area (Å²) in [5.41, 5.74) is 10.5. The lowest BCUT2D eigenvalue weighted by Gasteiger charge is -2.04. The van der Waals surface area contributed by atoms with Crippen molar-refractivity contribution in [1.29, 1.82) is 0 Å². The van der Waals surface area contributed by atoms with Crippen molar-refractivity contribution < 1.29 is 0 Å². The molecule has 2 aromatic rings. The Bertz CT molecular complexity index is 568. The van der Waals surface area contributed by atoms with Gasteiger partial charge in [0, 0.05) is 16.8 Å². The number of hydrogen-bond donors (Lipinski definition) is 0. The molecule has 6 heteroatoms. The van der Waals surface area contributed by atoms with Crippen molar-refractivity contribution in [1.82, 2.24) is 9.78 Å². The number of hydrogen-bond acceptors (Lipinski definition) is 2. The van der Waals surface area contributed by atoms with Crippen LogP contribution in [0.2, 0.25) is 5.02 Å². The van der Waals surface area contributed by atoms with Gasteiger partial charge in [-0.25, -0.2) is 4.68 Å². The largest absolute Gasteiger partial charge is 0.239 e. The molecule has 16 heavy (non-hydrogen) atoms. The van der Waals surface area contributed by atoms with E-state index >= 15 is 0 Å². The van der Waals surface area contributed by atoms with Gasteiger partial charge in [-0.15, -0.1) is 0 Å². The molecule has 0 N–H and O–H groups in total. The first-order chi connectivity index (χ1) is 7.70. The van der Waals surface area contributed by atoms with Crippen LogP contribution in [-0.2, 0) is 0 Å². The fourth-order valence-corrected chi connectivity index (χ4v) is 1.61. The van der Waals surface area contributed by atoms with Gasteiger partial charge in [0.25, 0.3) is 0 Å². The summed E-state index contributed by atoms with van der Waals surface area (Å²) in [6.45, 7) is 1.90. The van der Waals surface area contributed by atoms with Gasteiger partial charge in [-0.2, -0.15) is 5.10 Å². The molecular weight excluding hydrogens is 226 g/mol. The number of aryl methyl sites for hydroxylation is 1. The van der Waals surface area contributed by atoms with E-state index in [0.29, 0.717) is 10.7 Å². The van der Waals surface area contributed by atoms with Gasteiger partial charge in [-0.1, -0.05) is 22.8 Å². The average molecular weight is 234 g/mol. The summed E-state index contributed by atoms with van der Waals surface area (Å²) in [6.07, 6.45) is 1.82. The summed E-state index contributed by atoms with van der Waals surface area (Å²) in [5, 5.41) is 8.21. The van der Waals surface area contributed by atoms with Crippen LogP contribution >= 0.6 is 11.6 Å². The van der Waals surface area contributed by atoms with Crippen LogP contribution in [0.5, 0.6) is 0 Å². The lowest BCUT2D eigenvalue weighted by atomic mass is 10.3. The highest BCUT2D eigenvalue weighted by Gasteiger charge is 2.04. The topological polar surface area (TPSA) is 66.6 Å². The molecule has 2 rings (SSSR count). The predicted octanol–water partition coefficient (Wildman–Crippen LogP) is 3.78. The molecule has 0 radical (unpaired) electrons. The summed E-state index contributed by atoms with van der Waals surface area (Å²) in [6, 6.07) is 6.95. The highest BCUT2D eigenvalue weighted by atomic mass is 35.5. The quantitative estimate of drug-likeness (QED) is 0.442. The second kappa shape index (κ2) is 4.26. The Morgan fingerprint density at radius 3 is 2.81 bits per heavy atom. The molecule has 0 aliphatic rings. The number of azide groups is 1. The van der Waals surface area contributed by atoms with Crippen LogP contribution in [0.15, 0.2) is 35.6 Å². The van der Waals surface area contributed by atoms with Crippen LogP contribution in [0.25, 0.3) is 16.1 Å². The lowest BCUT2D eigenvalue weighted by Crippen LogP contribution is -1.95. The second-order valence-corrected chi connectivity index (χ2v) is 3.63. The fourth-order valence-electron chi connectivity index (χ4n) is 1.34. The molecule has 0 amide bonds. The maximum atomic E-state index is 8.30. The van der Waals surface area contributed by atoms with Gasteiger partial charge >= 0.3 is 0 Å². The van der Waals surface area contributed by atoms with E-state index in [1.54, 1.807) is 22.9 Å². The Balaban J connectivity index is 2.47. The normalized spacial score (nSPS) is 9.88. The maximum Gasteiger partial charge on any atom is 0.0832 e. The molecule has 1 aromatic heterocycles. The van der Waals surface area contributed by atoms with Gasteiger partial charge in [-0.3, -0.25) is 0 Å². The van der Waals surface area contributed by atoms with E-state index in [9.17, 15) is 0 Å². The van der Waals surface area contributed by atoms with Crippen LogP contribution < -0.4 is 0 Å². The van der Waals surface area contributed by atoms with Gasteiger partial charge in [0.2, 0.25) is 0 Å². The number of benzene rings is 1. The third-order valence-corrected chi connectivity index (χ3v) is 2.36. The lowest BCUT2D eigenvalue weighted by molar-refractivity contribution is 0.863. The fraction of sp³-hybridized carbons (Fsp3) is 0.100. The van der Waals surface area contributed by atoms with Gasteiger partial charge in [0.05, 0.1) is 16.4 Å². The number of nitrogens with zero attached hydrogens (tertiary/aromatic N) is 5. The van der Waals surface area contributed by atoms with Gasteiger partial charge in [0.1, 0.15) is 0 Å². The smallest absolute Gasteiger partial charge is 0.0832 e. The Labute approximate surface area is 96.9 Å². The van der Waals surface area contributed by atoms with Crippen LogP contribution in [0.1, 0.15) is 5.69 Å². The van der Waals surface area contributed by atoms with Crippen molar-refractivity contribution in [3.8, 4) is 5.69 Å². The maximum absolute atomic E-state index is 8.30. The van der Waals surface area contributed by atoms with Crippen molar-refractivity contribution in [3.63, 3.8) is 0 Å². The highest BCUT2D eigenvalue weighted by Crippen LogP contribution is 2.25. The molecule has 1 heterocycles. The molecule has 0 aliphatic carbocycles. The van der Waals surface area contributed by atoms with E-state index < -0.39 is 0 Å². The van der Waals surface area contributed by atoms with Crippen molar-refractivity contribution in [2.45, 2.75) is 6.92 Å². The number of rotatable bonds is 2. The molecule has 1 aromatic carbocycles.